The minimum Gasteiger partial charge on any atom is -0.462 e. The summed E-state index contributed by atoms with van der Waals surface area (Å²) in [6, 6.07) is 0. The van der Waals surface area contributed by atoms with E-state index < -0.39 is 0 Å². The average molecular weight is 582 g/mol. The minimum absolute atomic E-state index is 0.0215. The van der Waals surface area contributed by atoms with Gasteiger partial charge in [0.15, 0.2) is 0 Å². The SMILES string of the molecule is CCCCCCCCCCCCC(COC(=O)C(CCCCCC)CCCCCCCC)OC(=O)CCCN(C)C. The molecule has 0 saturated carbocycles. The number of hydrogen-bond acceptors (Lipinski definition) is 5. The molecule has 0 fully saturated rings. The Balaban J connectivity index is 4.73. The Morgan fingerprint density at radius 1 is 0.561 bits per heavy atom. The molecule has 2 atom stereocenters. The first-order valence-corrected chi connectivity index (χ1v) is 17.9. The van der Waals surface area contributed by atoms with Crippen molar-refractivity contribution in [3.63, 3.8) is 0 Å². The third kappa shape index (κ3) is 27.5. The summed E-state index contributed by atoms with van der Waals surface area (Å²) in [6.45, 7) is 7.80. The van der Waals surface area contributed by atoms with Crippen molar-refractivity contribution in [2.75, 3.05) is 27.2 Å². The maximum absolute atomic E-state index is 13.2. The van der Waals surface area contributed by atoms with Crippen LogP contribution < -0.4 is 0 Å². The first-order chi connectivity index (χ1) is 19.9. The summed E-state index contributed by atoms with van der Waals surface area (Å²) in [5.41, 5.74) is 0. The maximum atomic E-state index is 13.2. The van der Waals surface area contributed by atoms with E-state index in [-0.39, 0.29) is 30.6 Å². The molecule has 0 aliphatic carbocycles. The van der Waals surface area contributed by atoms with Crippen molar-refractivity contribution in [1.29, 1.82) is 0 Å². The maximum Gasteiger partial charge on any atom is 0.309 e. The van der Waals surface area contributed by atoms with Gasteiger partial charge in [0.1, 0.15) is 12.7 Å². The lowest BCUT2D eigenvalue weighted by Gasteiger charge is -2.21. The number of rotatable bonds is 31. The van der Waals surface area contributed by atoms with E-state index in [1.165, 1.54) is 103 Å². The van der Waals surface area contributed by atoms with Gasteiger partial charge in [-0.15, -0.1) is 0 Å². The molecule has 0 radical (unpaired) electrons. The zero-order chi connectivity index (χ0) is 30.4. The van der Waals surface area contributed by atoms with Crippen molar-refractivity contribution >= 4 is 11.9 Å². The number of hydrogen-bond donors (Lipinski definition) is 0. The van der Waals surface area contributed by atoms with Crippen molar-refractivity contribution in [3.8, 4) is 0 Å². The zero-order valence-corrected chi connectivity index (χ0v) is 28.3. The third-order valence-corrected chi connectivity index (χ3v) is 8.22. The molecule has 5 nitrogen and oxygen atoms in total. The van der Waals surface area contributed by atoms with Gasteiger partial charge in [0, 0.05) is 6.42 Å². The zero-order valence-electron chi connectivity index (χ0n) is 28.3. The molecule has 0 aromatic rings. The predicted molar refractivity (Wildman–Crippen MR) is 175 cm³/mol. The molecule has 0 saturated heterocycles. The second-order valence-electron chi connectivity index (χ2n) is 12.7. The van der Waals surface area contributed by atoms with Gasteiger partial charge in [-0.05, 0) is 52.7 Å². The van der Waals surface area contributed by atoms with Crippen molar-refractivity contribution in [1.82, 2.24) is 4.90 Å². The van der Waals surface area contributed by atoms with E-state index in [4.69, 9.17) is 9.47 Å². The summed E-state index contributed by atoms with van der Waals surface area (Å²) in [7, 11) is 4.03. The molecule has 0 aromatic carbocycles. The second-order valence-corrected chi connectivity index (χ2v) is 12.7. The highest BCUT2D eigenvalue weighted by atomic mass is 16.6. The molecule has 0 N–H and O–H groups in total. The highest BCUT2D eigenvalue weighted by Gasteiger charge is 2.22. The molecule has 0 bridgehead atoms. The van der Waals surface area contributed by atoms with Gasteiger partial charge < -0.3 is 14.4 Å². The summed E-state index contributed by atoms with van der Waals surface area (Å²) in [5, 5.41) is 0. The lowest BCUT2D eigenvalue weighted by molar-refractivity contribution is -0.162. The van der Waals surface area contributed by atoms with E-state index in [9.17, 15) is 9.59 Å². The molecule has 0 heterocycles. The standard InChI is InChI=1S/C36H71NO4/c1-6-9-12-15-17-18-19-20-22-25-29-34(41-35(38)30-26-31-37(4)5)32-40-36(39)33(27-23-14-11-8-3)28-24-21-16-13-10-7-2/h33-34H,6-32H2,1-5H3. The normalized spacial score (nSPS) is 12.9. The summed E-state index contributed by atoms with van der Waals surface area (Å²) >= 11 is 0. The Morgan fingerprint density at radius 2 is 0.976 bits per heavy atom. The smallest absolute Gasteiger partial charge is 0.309 e. The van der Waals surface area contributed by atoms with Gasteiger partial charge in [-0.2, -0.15) is 0 Å². The molecular formula is C36H71NO4. The Hall–Kier alpha value is -1.10. The quantitative estimate of drug-likeness (QED) is 0.0602. The molecule has 2 unspecified atom stereocenters. The van der Waals surface area contributed by atoms with Gasteiger partial charge in [0.25, 0.3) is 0 Å². The number of esters is 2. The molecule has 41 heavy (non-hydrogen) atoms. The number of carbonyl (C=O) groups excluding carboxylic acids is 2. The van der Waals surface area contributed by atoms with E-state index in [0.29, 0.717) is 6.42 Å². The third-order valence-electron chi connectivity index (χ3n) is 8.22. The predicted octanol–water partition coefficient (Wildman–Crippen LogP) is 10.4. The van der Waals surface area contributed by atoms with Crippen LogP contribution in [0.2, 0.25) is 0 Å². The number of unbranched alkanes of at least 4 members (excludes halogenated alkanes) is 17. The van der Waals surface area contributed by atoms with Gasteiger partial charge in [-0.1, -0.05) is 143 Å². The van der Waals surface area contributed by atoms with Crippen molar-refractivity contribution in [3.05, 3.63) is 0 Å². The van der Waals surface area contributed by atoms with E-state index >= 15 is 0 Å². The molecule has 244 valence electrons. The van der Waals surface area contributed by atoms with Gasteiger partial charge in [-0.25, -0.2) is 0 Å². The molecular weight excluding hydrogens is 510 g/mol. The van der Waals surface area contributed by atoms with Crippen LogP contribution >= 0.6 is 0 Å². The summed E-state index contributed by atoms with van der Waals surface area (Å²) in [6.07, 6.45) is 28.4. The fourth-order valence-corrected chi connectivity index (χ4v) is 5.48. The first-order valence-electron chi connectivity index (χ1n) is 17.9. The summed E-state index contributed by atoms with van der Waals surface area (Å²) < 4.78 is 11.7. The first kappa shape index (κ1) is 39.9. The molecule has 0 aromatic heterocycles. The Labute approximate surface area is 256 Å². The van der Waals surface area contributed by atoms with Crippen LogP contribution in [0.4, 0.5) is 0 Å². The summed E-state index contributed by atoms with van der Waals surface area (Å²) in [4.78, 5) is 27.8. The highest BCUT2D eigenvalue weighted by molar-refractivity contribution is 5.72. The number of nitrogens with zero attached hydrogens (tertiary/aromatic N) is 1. The van der Waals surface area contributed by atoms with Crippen LogP contribution in [0, 0.1) is 5.92 Å². The van der Waals surface area contributed by atoms with Crippen molar-refractivity contribution in [2.45, 2.75) is 187 Å². The van der Waals surface area contributed by atoms with Crippen LogP contribution in [0.3, 0.4) is 0 Å². The van der Waals surface area contributed by atoms with E-state index in [1.807, 2.05) is 14.1 Å². The molecule has 0 spiro atoms. The van der Waals surface area contributed by atoms with Crippen LogP contribution in [0.1, 0.15) is 181 Å². The fourth-order valence-electron chi connectivity index (χ4n) is 5.48. The monoisotopic (exact) mass is 582 g/mol. The lowest BCUT2D eigenvalue weighted by Crippen LogP contribution is -2.28. The van der Waals surface area contributed by atoms with Gasteiger partial charge >= 0.3 is 11.9 Å². The molecule has 0 rings (SSSR count). The largest absolute Gasteiger partial charge is 0.462 e. The topological polar surface area (TPSA) is 55.8 Å². The fraction of sp³-hybridized carbons (Fsp3) is 0.944. The van der Waals surface area contributed by atoms with E-state index in [1.54, 1.807) is 0 Å². The Kier molecular flexibility index (Phi) is 29.5. The van der Waals surface area contributed by atoms with Crippen molar-refractivity contribution < 1.29 is 19.1 Å². The van der Waals surface area contributed by atoms with Gasteiger partial charge in [-0.3, -0.25) is 9.59 Å². The van der Waals surface area contributed by atoms with Crippen LogP contribution in [0.15, 0.2) is 0 Å². The van der Waals surface area contributed by atoms with Crippen LogP contribution in [0.5, 0.6) is 0 Å². The molecule has 0 aliphatic rings. The minimum atomic E-state index is -0.324. The molecule has 0 aliphatic heterocycles. The van der Waals surface area contributed by atoms with Crippen LogP contribution in [-0.2, 0) is 19.1 Å². The average Bonchev–Trinajstić information content (AvgIpc) is 2.95. The molecule has 0 amide bonds. The second kappa shape index (κ2) is 30.4. The lowest BCUT2D eigenvalue weighted by atomic mass is 9.94. The summed E-state index contributed by atoms with van der Waals surface area (Å²) in [5.74, 6) is -0.262. The van der Waals surface area contributed by atoms with Crippen LogP contribution in [0.25, 0.3) is 0 Å². The van der Waals surface area contributed by atoms with Gasteiger partial charge in [0.2, 0.25) is 0 Å². The van der Waals surface area contributed by atoms with Gasteiger partial charge in [0.05, 0.1) is 5.92 Å². The number of ether oxygens (including phenoxy) is 2. The Morgan fingerprint density at radius 3 is 1.44 bits per heavy atom. The van der Waals surface area contributed by atoms with E-state index in [2.05, 4.69) is 25.7 Å². The van der Waals surface area contributed by atoms with Crippen molar-refractivity contribution in [2.24, 2.45) is 5.92 Å². The number of carbonyl (C=O) groups is 2. The Bertz CT molecular complexity index is 580. The highest BCUT2D eigenvalue weighted by Crippen LogP contribution is 2.21. The van der Waals surface area contributed by atoms with E-state index in [0.717, 1.165) is 57.9 Å². The van der Waals surface area contributed by atoms with Crippen LogP contribution in [-0.4, -0.2) is 50.2 Å². The molecule has 5 heteroatoms.